The number of ether oxygens (including phenoxy) is 1. The molecule has 0 aromatic heterocycles. The number of benzene rings is 2. The minimum atomic E-state index is -0.655. The molecule has 0 saturated carbocycles. The number of esters is 1. The molecule has 0 radical (unpaired) electrons. The van der Waals surface area contributed by atoms with Gasteiger partial charge >= 0.3 is 5.97 Å². The molecule has 0 aliphatic heterocycles. The van der Waals surface area contributed by atoms with Crippen LogP contribution in [0.3, 0.4) is 0 Å². The standard InChI is InChI=1S/C13H12N2O3/c14-8-1-4-10(5-2-8)18-13(17)11-6-3-9(15)7-12(11)16/h1-7,16H,14-15H2. The van der Waals surface area contributed by atoms with Crippen LogP contribution in [0.2, 0.25) is 0 Å². The van der Waals surface area contributed by atoms with Crippen LogP contribution in [0.4, 0.5) is 11.4 Å². The molecule has 0 atom stereocenters. The third-order valence-corrected chi connectivity index (χ3v) is 2.33. The number of hydrogen-bond acceptors (Lipinski definition) is 5. The first kappa shape index (κ1) is 11.8. The van der Waals surface area contributed by atoms with Crippen LogP contribution in [0, 0.1) is 0 Å². The molecule has 5 N–H and O–H groups in total. The Morgan fingerprint density at radius 2 is 1.61 bits per heavy atom. The lowest BCUT2D eigenvalue weighted by Gasteiger charge is -2.06. The minimum absolute atomic E-state index is 0.0565. The van der Waals surface area contributed by atoms with Crippen LogP contribution in [0.25, 0.3) is 0 Å². The Labute approximate surface area is 104 Å². The number of nitrogens with two attached hydrogens (primary N) is 2. The first-order valence-electron chi connectivity index (χ1n) is 5.22. The quantitative estimate of drug-likeness (QED) is 0.425. The molecule has 0 bridgehead atoms. The molecule has 0 aliphatic carbocycles. The third kappa shape index (κ3) is 2.52. The van der Waals surface area contributed by atoms with Gasteiger partial charge < -0.3 is 21.3 Å². The molecular formula is C13H12N2O3. The van der Waals surface area contributed by atoms with Gasteiger partial charge in [-0.05, 0) is 36.4 Å². The second kappa shape index (κ2) is 4.67. The zero-order valence-electron chi connectivity index (χ0n) is 9.46. The molecule has 0 unspecified atom stereocenters. The smallest absolute Gasteiger partial charge is 0.347 e. The number of carbonyl (C=O) groups excluding carboxylic acids is 1. The summed E-state index contributed by atoms with van der Waals surface area (Å²) in [4.78, 5) is 11.8. The zero-order chi connectivity index (χ0) is 13.1. The van der Waals surface area contributed by atoms with E-state index in [1.165, 1.54) is 18.2 Å². The van der Waals surface area contributed by atoms with E-state index >= 15 is 0 Å². The van der Waals surface area contributed by atoms with E-state index in [1.807, 2.05) is 0 Å². The van der Waals surface area contributed by atoms with Crippen molar-refractivity contribution in [2.75, 3.05) is 11.5 Å². The van der Waals surface area contributed by atoms with E-state index in [4.69, 9.17) is 16.2 Å². The Balaban J connectivity index is 2.19. The summed E-state index contributed by atoms with van der Waals surface area (Å²) in [6.07, 6.45) is 0. The van der Waals surface area contributed by atoms with E-state index in [0.717, 1.165) is 0 Å². The summed E-state index contributed by atoms with van der Waals surface area (Å²) in [5.74, 6) is -0.516. The summed E-state index contributed by atoms with van der Waals surface area (Å²) in [6.45, 7) is 0. The molecule has 5 nitrogen and oxygen atoms in total. The lowest BCUT2D eigenvalue weighted by molar-refractivity contribution is 0.0732. The molecule has 0 fully saturated rings. The van der Waals surface area contributed by atoms with Gasteiger partial charge in [0.15, 0.2) is 0 Å². The predicted molar refractivity (Wildman–Crippen MR) is 68.3 cm³/mol. The number of hydrogen-bond donors (Lipinski definition) is 3. The fourth-order valence-corrected chi connectivity index (χ4v) is 1.42. The highest BCUT2D eigenvalue weighted by Gasteiger charge is 2.13. The number of anilines is 2. The van der Waals surface area contributed by atoms with E-state index in [-0.39, 0.29) is 11.3 Å². The van der Waals surface area contributed by atoms with E-state index in [1.54, 1.807) is 24.3 Å². The highest BCUT2D eigenvalue weighted by molar-refractivity contribution is 5.94. The SMILES string of the molecule is Nc1ccc(OC(=O)c2ccc(N)cc2O)cc1. The molecule has 0 aliphatic rings. The lowest BCUT2D eigenvalue weighted by atomic mass is 10.2. The van der Waals surface area contributed by atoms with E-state index < -0.39 is 5.97 Å². The monoisotopic (exact) mass is 244 g/mol. The van der Waals surface area contributed by atoms with Crippen molar-refractivity contribution in [1.82, 2.24) is 0 Å². The van der Waals surface area contributed by atoms with Crippen LogP contribution in [0.1, 0.15) is 10.4 Å². The van der Waals surface area contributed by atoms with E-state index in [9.17, 15) is 9.90 Å². The molecule has 0 heterocycles. The molecule has 18 heavy (non-hydrogen) atoms. The molecule has 92 valence electrons. The number of phenolic OH excluding ortho intramolecular Hbond substituents is 1. The van der Waals surface area contributed by atoms with Crippen molar-refractivity contribution in [3.63, 3.8) is 0 Å². The first-order chi connectivity index (χ1) is 8.56. The topological polar surface area (TPSA) is 98.6 Å². The maximum absolute atomic E-state index is 11.8. The number of phenols is 1. The van der Waals surface area contributed by atoms with Gasteiger partial charge in [0.1, 0.15) is 17.1 Å². The van der Waals surface area contributed by atoms with Crippen molar-refractivity contribution in [3.8, 4) is 11.5 Å². The Hall–Kier alpha value is -2.69. The van der Waals surface area contributed by atoms with Crippen LogP contribution in [0.5, 0.6) is 11.5 Å². The van der Waals surface area contributed by atoms with Gasteiger partial charge in [-0.15, -0.1) is 0 Å². The largest absolute Gasteiger partial charge is 0.507 e. The van der Waals surface area contributed by atoms with Gasteiger partial charge in [-0.25, -0.2) is 4.79 Å². The first-order valence-corrected chi connectivity index (χ1v) is 5.22. The number of rotatable bonds is 2. The van der Waals surface area contributed by atoms with Crippen molar-refractivity contribution in [2.45, 2.75) is 0 Å². The van der Waals surface area contributed by atoms with Crippen molar-refractivity contribution in [2.24, 2.45) is 0 Å². The van der Waals surface area contributed by atoms with Gasteiger partial charge in [0, 0.05) is 17.4 Å². The number of nitrogen functional groups attached to an aromatic ring is 2. The average Bonchev–Trinajstić information content (AvgIpc) is 2.32. The van der Waals surface area contributed by atoms with Gasteiger partial charge in [0.25, 0.3) is 0 Å². The summed E-state index contributed by atoms with van der Waals surface area (Å²) in [5, 5.41) is 9.58. The minimum Gasteiger partial charge on any atom is -0.507 e. The van der Waals surface area contributed by atoms with Gasteiger partial charge in [-0.3, -0.25) is 0 Å². The van der Waals surface area contributed by atoms with Crippen LogP contribution >= 0.6 is 0 Å². The van der Waals surface area contributed by atoms with Gasteiger partial charge in [0.2, 0.25) is 0 Å². The predicted octanol–water partition coefficient (Wildman–Crippen LogP) is 1.78. The van der Waals surface area contributed by atoms with Crippen LogP contribution in [-0.4, -0.2) is 11.1 Å². The second-order valence-corrected chi connectivity index (χ2v) is 3.74. The van der Waals surface area contributed by atoms with Gasteiger partial charge in [-0.1, -0.05) is 0 Å². The normalized spacial score (nSPS) is 10.0. The lowest BCUT2D eigenvalue weighted by Crippen LogP contribution is -2.09. The highest BCUT2D eigenvalue weighted by Crippen LogP contribution is 2.22. The Morgan fingerprint density at radius 3 is 2.22 bits per heavy atom. The van der Waals surface area contributed by atoms with Gasteiger partial charge in [0.05, 0.1) is 0 Å². The Kier molecular flexibility index (Phi) is 3.05. The second-order valence-electron chi connectivity index (χ2n) is 3.74. The van der Waals surface area contributed by atoms with Crippen molar-refractivity contribution in [1.29, 1.82) is 0 Å². The molecule has 0 saturated heterocycles. The van der Waals surface area contributed by atoms with Crippen molar-refractivity contribution < 1.29 is 14.6 Å². The fraction of sp³-hybridized carbons (Fsp3) is 0. The highest BCUT2D eigenvalue weighted by atomic mass is 16.5. The van der Waals surface area contributed by atoms with Crippen molar-refractivity contribution in [3.05, 3.63) is 48.0 Å². The number of carbonyl (C=O) groups is 1. The van der Waals surface area contributed by atoms with Crippen LogP contribution in [-0.2, 0) is 0 Å². The van der Waals surface area contributed by atoms with Crippen LogP contribution in [0.15, 0.2) is 42.5 Å². The summed E-state index contributed by atoms with van der Waals surface area (Å²) in [5.41, 5.74) is 12.0. The molecule has 0 amide bonds. The Morgan fingerprint density at radius 1 is 1.00 bits per heavy atom. The summed E-state index contributed by atoms with van der Waals surface area (Å²) in [6, 6.07) is 10.6. The Bertz CT molecular complexity index is 579. The van der Waals surface area contributed by atoms with Crippen molar-refractivity contribution >= 4 is 17.3 Å². The average molecular weight is 244 g/mol. The van der Waals surface area contributed by atoms with E-state index in [0.29, 0.717) is 17.1 Å². The summed E-state index contributed by atoms with van der Waals surface area (Å²) >= 11 is 0. The maximum Gasteiger partial charge on any atom is 0.347 e. The molecular weight excluding hydrogens is 232 g/mol. The molecule has 5 heteroatoms. The van der Waals surface area contributed by atoms with Crippen LogP contribution < -0.4 is 16.2 Å². The summed E-state index contributed by atoms with van der Waals surface area (Å²) in [7, 11) is 0. The maximum atomic E-state index is 11.8. The number of aromatic hydroxyl groups is 1. The molecule has 2 rings (SSSR count). The fourth-order valence-electron chi connectivity index (χ4n) is 1.42. The third-order valence-electron chi connectivity index (χ3n) is 2.33. The zero-order valence-corrected chi connectivity index (χ0v) is 9.46. The summed E-state index contributed by atoms with van der Waals surface area (Å²) < 4.78 is 5.08. The van der Waals surface area contributed by atoms with Gasteiger partial charge in [-0.2, -0.15) is 0 Å². The molecule has 2 aromatic rings. The van der Waals surface area contributed by atoms with E-state index in [2.05, 4.69) is 0 Å². The molecule has 2 aromatic carbocycles. The molecule has 0 spiro atoms.